The van der Waals surface area contributed by atoms with Crippen molar-refractivity contribution in [3.63, 3.8) is 0 Å². The van der Waals surface area contributed by atoms with E-state index in [1.54, 1.807) is 4.90 Å². The summed E-state index contributed by atoms with van der Waals surface area (Å²) in [6.07, 6.45) is 0. The molecule has 0 aliphatic rings. The maximum atomic E-state index is 5.22. The van der Waals surface area contributed by atoms with Gasteiger partial charge in [-0.2, -0.15) is 0 Å². The third-order valence-corrected chi connectivity index (χ3v) is 3.43. The van der Waals surface area contributed by atoms with Crippen LogP contribution < -0.4 is 11.1 Å². The van der Waals surface area contributed by atoms with Gasteiger partial charge in [-0.05, 0) is 0 Å². The molecule has 0 amide bonds. The van der Waals surface area contributed by atoms with Crippen molar-refractivity contribution in [3.8, 4) is 0 Å². The zero-order chi connectivity index (χ0) is 13.1. The molecule has 0 bridgehead atoms. The number of hydrogen-bond acceptors (Lipinski definition) is 4. The van der Waals surface area contributed by atoms with Crippen LogP contribution in [0.5, 0.6) is 0 Å². The van der Waals surface area contributed by atoms with Gasteiger partial charge < -0.3 is 0 Å². The van der Waals surface area contributed by atoms with Crippen molar-refractivity contribution in [1.29, 1.82) is 0 Å². The summed E-state index contributed by atoms with van der Waals surface area (Å²) < 4.78 is 1.88. The van der Waals surface area contributed by atoms with Crippen molar-refractivity contribution in [2.75, 3.05) is 33.7 Å². The topological polar surface area (TPSA) is 44.5 Å². The summed E-state index contributed by atoms with van der Waals surface area (Å²) in [6, 6.07) is 0. The summed E-state index contributed by atoms with van der Waals surface area (Å²) in [4.78, 5) is 4.06. The summed E-state index contributed by atoms with van der Waals surface area (Å²) >= 11 is 5.67. The fraction of sp³-hybridized carbons (Fsp3) is 0.800. The monoisotopic (exact) mass is 360 g/mol. The molecule has 0 saturated heterocycles. The van der Waals surface area contributed by atoms with Crippen molar-refractivity contribution >= 4 is 40.5 Å². The Labute approximate surface area is 116 Å². The third kappa shape index (κ3) is 10.5. The van der Waals surface area contributed by atoms with Crippen LogP contribution in [0.3, 0.4) is 0 Å². The minimum absolute atomic E-state index is 0.718. The van der Waals surface area contributed by atoms with Crippen molar-refractivity contribution in [3.05, 3.63) is 0 Å². The zero-order valence-electron chi connectivity index (χ0n) is 10.9. The molecule has 96 valence electrons. The molecule has 0 aliphatic carbocycles. The van der Waals surface area contributed by atoms with Gasteiger partial charge in [-0.1, -0.05) is 0 Å². The molecular weight excluding hydrogens is 334 g/mol. The van der Waals surface area contributed by atoms with E-state index in [1.165, 1.54) is 0 Å². The van der Waals surface area contributed by atoms with Crippen LogP contribution >= 0.6 is 0 Å². The van der Waals surface area contributed by atoms with Gasteiger partial charge in [-0.3, -0.25) is 0 Å². The number of nitrogens with zero attached hydrogens (tertiary/aromatic N) is 2. The second-order valence-corrected chi connectivity index (χ2v) is 4.93. The van der Waals surface area contributed by atoms with Crippen molar-refractivity contribution in [2.24, 2.45) is 5.73 Å². The summed E-state index contributed by atoms with van der Waals surface area (Å²) in [6.45, 7) is 9.51. The van der Waals surface area contributed by atoms with Gasteiger partial charge in [0.25, 0.3) is 0 Å². The average molecular weight is 358 g/mol. The van der Waals surface area contributed by atoms with Gasteiger partial charge in [0.05, 0.1) is 0 Å². The van der Waals surface area contributed by atoms with Gasteiger partial charge in [0.1, 0.15) is 0 Å². The van der Waals surface area contributed by atoms with Crippen molar-refractivity contribution in [2.45, 2.75) is 20.8 Å². The van der Waals surface area contributed by atoms with Gasteiger partial charge in [0.2, 0.25) is 0 Å². The van der Waals surface area contributed by atoms with E-state index in [4.69, 9.17) is 5.73 Å². The van der Waals surface area contributed by atoms with E-state index < -0.39 is 0 Å². The number of hydrogen-bond donors (Lipinski definition) is 2. The van der Waals surface area contributed by atoms with E-state index in [0.717, 1.165) is 29.0 Å². The second-order valence-electron chi connectivity index (χ2n) is 3.24. The van der Waals surface area contributed by atoms with E-state index in [2.05, 4.69) is 62.1 Å². The first kappa shape index (κ1) is 18.3. The number of nitrogens with two attached hydrogens (primary N) is 1. The average Bonchev–Trinajstić information content (AvgIpc) is 2.20. The maximum absolute atomic E-state index is 5.22. The van der Waals surface area contributed by atoms with Gasteiger partial charge in [-0.15, -0.1) is 0 Å². The van der Waals surface area contributed by atoms with Gasteiger partial charge in [0.15, 0.2) is 0 Å². The molecule has 16 heavy (non-hydrogen) atoms. The Morgan fingerprint density at radius 1 is 1.12 bits per heavy atom. The third-order valence-electron chi connectivity index (χ3n) is 1.82. The SMILES string of the molecule is CCNC(=[Se])N(CC)CC.CN(C)C(N)=[Se]. The van der Waals surface area contributed by atoms with Crippen LogP contribution in [-0.4, -0.2) is 84.0 Å². The van der Waals surface area contributed by atoms with E-state index in [9.17, 15) is 0 Å². The van der Waals surface area contributed by atoms with Crippen LogP contribution in [-0.2, 0) is 0 Å². The summed E-state index contributed by atoms with van der Waals surface area (Å²) in [5, 5.41) is 3.23. The summed E-state index contributed by atoms with van der Waals surface area (Å²) in [7, 11) is 3.76. The van der Waals surface area contributed by atoms with Crippen molar-refractivity contribution in [1.82, 2.24) is 15.1 Å². The van der Waals surface area contributed by atoms with Crippen LogP contribution in [0.4, 0.5) is 0 Å². The molecule has 0 aliphatic heterocycles. The Morgan fingerprint density at radius 3 is 1.69 bits per heavy atom. The predicted molar refractivity (Wildman–Crippen MR) is 76.0 cm³/mol. The van der Waals surface area contributed by atoms with Crippen LogP contribution in [0.15, 0.2) is 0 Å². The molecule has 0 saturated carbocycles. The Bertz CT molecular complexity index is 203. The minimum atomic E-state index is 0.718. The van der Waals surface area contributed by atoms with Gasteiger partial charge in [-0.25, -0.2) is 0 Å². The molecule has 0 atom stereocenters. The van der Waals surface area contributed by atoms with Crippen LogP contribution in [0.1, 0.15) is 20.8 Å². The molecule has 6 heteroatoms. The Balaban J connectivity index is 0. The molecule has 0 heterocycles. The van der Waals surface area contributed by atoms with E-state index in [1.807, 2.05) is 14.1 Å². The summed E-state index contributed by atoms with van der Waals surface area (Å²) in [5.41, 5.74) is 5.22. The van der Waals surface area contributed by atoms with Gasteiger partial charge >= 0.3 is 116 Å². The fourth-order valence-electron chi connectivity index (χ4n) is 0.774. The van der Waals surface area contributed by atoms with E-state index in [0.29, 0.717) is 0 Å². The van der Waals surface area contributed by atoms with Crippen molar-refractivity contribution < 1.29 is 0 Å². The first-order valence-corrected chi connectivity index (χ1v) is 7.11. The second kappa shape index (κ2) is 11.5. The molecule has 0 aromatic heterocycles. The molecule has 3 N–H and O–H groups in total. The van der Waals surface area contributed by atoms with Gasteiger partial charge in [0, 0.05) is 0 Å². The Hall–Kier alpha value is -0.0210. The van der Waals surface area contributed by atoms with E-state index in [-0.39, 0.29) is 0 Å². The Kier molecular flexibility index (Phi) is 13.1. The first-order chi connectivity index (χ1) is 7.40. The molecule has 0 aromatic carbocycles. The molecule has 4 nitrogen and oxygen atoms in total. The quantitative estimate of drug-likeness (QED) is 0.596. The normalized spacial score (nSPS) is 8.56. The van der Waals surface area contributed by atoms with Crippen LogP contribution in [0.2, 0.25) is 0 Å². The molecule has 0 rings (SSSR count). The fourth-order valence-corrected chi connectivity index (χ4v) is 1.62. The molecule has 0 unspecified atom stereocenters. The number of rotatable bonds is 6. The van der Waals surface area contributed by atoms with E-state index >= 15 is 0 Å². The van der Waals surface area contributed by atoms with Crippen LogP contribution in [0.25, 0.3) is 0 Å². The summed E-state index contributed by atoms with van der Waals surface area (Å²) in [5.74, 6) is 0. The molecule has 0 fully saturated rings. The zero-order valence-corrected chi connectivity index (χ0v) is 14.3. The molecule has 0 radical (unpaired) electrons. The standard InChI is InChI=1S/C7H16N2Se.C3H8N2Se/c1-4-8-7(10)9(5-2)6-3;1-5(2)3(4)6/h4-6H2,1-3H3,(H,8,10);1-2H3,(H2,4,6). The molecular formula is C10H24N4Se2. The predicted octanol–water partition coefficient (Wildman–Crippen LogP) is -1.04. The molecule has 0 aromatic rings. The Morgan fingerprint density at radius 2 is 1.50 bits per heavy atom. The number of nitrogens with one attached hydrogen (secondary N) is 1. The first-order valence-electron chi connectivity index (χ1n) is 5.40. The van der Waals surface area contributed by atoms with Crippen LogP contribution in [0, 0.1) is 0 Å². The molecule has 0 spiro atoms.